The van der Waals surface area contributed by atoms with Crippen LogP contribution in [0.5, 0.6) is 0 Å². The molecule has 0 spiro atoms. The third-order valence-electron chi connectivity index (χ3n) is 1.68. The maximum atomic E-state index is 11.1. The third-order valence-corrected chi connectivity index (χ3v) is 1.68. The van der Waals surface area contributed by atoms with E-state index in [2.05, 4.69) is 10.3 Å². The van der Waals surface area contributed by atoms with Crippen LogP contribution in [-0.2, 0) is 11.3 Å². The lowest BCUT2D eigenvalue weighted by Gasteiger charge is -2.05. The predicted octanol–water partition coefficient (Wildman–Crippen LogP) is 1.88. The summed E-state index contributed by atoms with van der Waals surface area (Å²) in [4.78, 5) is 14.7. The lowest BCUT2D eigenvalue weighted by atomic mass is 10.2. The molecule has 0 radical (unpaired) electrons. The monoisotopic (exact) mass is 237 g/mol. The lowest BCUT2D eigenvalue weighted by molar-refractivity contribution is 0.145. The van der Waals surface area contributed by atoms with Gasteiger partial charge in [-0.2, -0.15) is 0 Å². The van der Waals surface area contributed by atoms with Crippen molar-refractivity contribution in [3.63, 3.8) is 0 Å². The fourth-order valence-electron chi connectivity index (χ4n) is 0.920. The average Bonchev–Trinajstić information content (AvgIpc) is 2.40. The number of hydrogen-bond acceptors (Lipinski definition) is 3. The first kappa shape index (κ1) is 15.0. The highest BCUT2D eigenvalue weighted by atomic mass is 16.5. The lowest BCUT2D eigenvalue weighted by Crippen LogP contribution is -2.36. The van der Waals surface area contributed by atoms with E-state index in [1.807, 2.05) is 44.2 Å². The maximum absolute atomic E-state index is 11.1. The van der Waals surface area contributed by atoms with E-state index < -0.39 is 6.09 Å². The van der Waals surface area contributed by atoms with Gasteiger partial charge in [-0.3, -0.25) is 10.3 Å². The Morgan fingerprint density at radius 1 is 1.35 bits per heavy atom. The number of nitrogens with two attached hydrogens (primary N) is 1. The van der Waals surface area contributed by atoms with Crippen LogP contribution in [0.25, 0.3) is 0 Å². The van der Waals surface area contributed by atoms with Crippen molar-refractivity contribution >= 4 is 12.1 Å². The summed E-state index contributed by atoms with van der Waals surface area (Å²) in [5.41, 5.74) is 6.20. The molecule has 0 aliphatic rings. The second kappa shape index (κ2) is 9.21. The van der Waals surface area contributed by atoms with Crippen molar-refractivity contribution in [2.45, 2.75) is 20.5 Å². The zero-order chi connectivity index (χ0) is 13.1. The summed E-state index contributed by atoms with van der Waals surface area (Å²) in [6.07, 6.45) is -0.609. The molecule has 0 atom stereocenters. The predicted molar refractivity (Wildman–Crippen MR) is 68.7 cm³/mol. The molecule has 5 nitrogen and oxygen atoms in total. The molecule has 1 aromatic carbocycles. The van der Waals surface area contributed by atoms with Gasteiger partial charge in [0.15, 0.2) is 5.96 Å². The second-order valence-electron chi connectivity index (χ2n) is 2.80. The molecule has 0 bridgehead atoms. The van der Waals surface area contributed by atoms with E-state index in [0.717, 1.165) is 5.56 Å². The molecule has 0 unspecified atom stereocenters. The Kier molecular flexibility index (Phi) is 8.10. The number of guanidine groups is 1. The Morgan fingerprint density at radius 3 is 2.47 bits per heavy atom. The van der Waals surface area contributed by atoms with E-state index >= 15 is 0 Å². The molecule has 3 N–H and O–H groups in total. The van der Waals surface area contributed by atoms with Gasteiger partial charge >= 0.3 is 6.09 Å². The number of rotatable bonds is 2. The molecule has 0 saturated heterocycles. The molecular weight excluding hydrogens is 218 g/mol. The molecular formula is C12H19N3O2. The number of amides is 1. The fraction of sp³-hybridized carbons (Fsp3) is 0.333. The van der Waals surface area contributed by atoms with Crippen molar-refractivity contribution in [3.8, 4) is 0 Å². The highest BCUT2D eigenvalue weighted by Crippen LogP contribution is 2.00. The number of ether oxygens (including phenoxy) is 1. The first-order valence-electron chi connectivity index (χ1n) is 5.42. The van der Waals surface area contributed by atoms with E-state index in [-0.39, 0.29) is 12.6 Å². The minimum absolute atomic E-state index is 0.0352. The van der Waals surface area contributed by atoms with Crippen molar-refractivity contribution in [1.29, 1.82) is 0 Å². The normalized spacial score (nSPS) is 9.94. The molecule has 0 fully saturated rings. The summed E-state index contributed by atoms with van der Waals surface area (Å²) in [7, 11) is 1.48. The second-order valence-corrected chi connectivity index (χ2v) is 2.80. The fourth-order valence-corrected chi connectivity index (χ4v) is 0.920. The Morgan fingerprint density at radius 2 is 1.94 bits per heavy atom. The topological polar surface area (TPSA) is 76.7 Å². The van der Waals surface area contributed by atoms with Gasteiger partial charge in [-0.05, 0) is 5.56 Å². The first-order chi connectivity index (χ1) is 8.22. The van der Waals surface area contributed by atoms with Crippen molar-refractivity contribution in [3.05, 3.63) is 35.9 Å². The Hall–Kier alpha value is -2.04. The molecule has 5 heteroatoms. The number of alkyl carbamates (subject to hydrolysis) is 1. The Balaban J connectivity index is 0.00000121. The molecule has 0 aromatic heterocycles. The summed E-state index contributed by atoms with van der Waals surface area (Å²) in [5, 5.41) is 2.27. The van der Waals surface area contributed by atoms with E-state index in [0.29, 0.717) is 0 Å². The van der Waals surface area contributed by atoms with Gasteiger partial charge in [0.05, 0.1) is 0 Å². The molecule has 17 heavy (non-hydrogen) atoms. The van der Waals surface area contributed by atoms with Gasteiger partial charge in [0, 0.05) is 7.05 Å². The minimum atomic E-state index is -0.609. The van der Waals surface area contributed by atoms with Crippen molar-refractivity contribution < 1.29 is 9.53 Å². The van der Waals surface area contributed by atoms with Crippen LogP contribution >= 0.6 is 0 Å². The Bertz CT molecular complexity index is 350. The quantitative estimate of drug-likeness (QED) is 0.609. The number of carbonyl (C=O) groups excluding carboxylic acids is 1. The SMILES string of the molecule is CC.CN=C(N)NC(=O)OCc1ccccc1. The average molecular weight is 237 g/mol. The van der Waals surface area contributed by atoms with Crippen LogP contribution < -0.4 is 11.1 Å². The largest absolute Gasteiger partial charge is 0.444 e. The van der Waals surface area contributed by atoms with E-state index in [9.17, 15) is 4.79 Å². The van der Waals surface area contributed by atoms with Crippen molar-refractivity contribution in [1.82, 2.24) is 5.32 Å². The number of hydrogen-bond donors (Lipinski definition) is 2. The summed E-state index contributed by atoms with van der Waals surface area (Å²) in [5.74, 6) is 0.0352. The van der Waals surface area contributed by atoms with Crippen LogP contribution in [0.15, 0.2) is 35.3 Å². The van der Waals surface area contributed by atoms with Crippen molar-refractivity contribution in [2.75, 3.05) is 7.05 Å². The van der Waals surface area contributed by atoms with Gasteiger partial charge in [0.2, 0.25) is 0 Å². The molecule has 0 aliphatic carbocycles. The molecule has 0 saturated carbocycles. The van der Waals surface area contributed by atoms with E-state index in [4.69, 9.17) is 10.5 Å². The van der Waals surface area contributed by atoms with Crippen LogP contribution in [0, 0.1) is 0 Å². The number of aliphatic imine (C=N–C) groups is 1. The van der Waals surface area contributed by atoms with Crippen LogP contribution in [-0.4, -0.2) is 19.1 Å². The molecule has 0 heterocycles. The Labute approximate surface area is 102 Å². The number of carbonyl (C=O) groups is 1. The summed E-state index contributed by atoms with van der Waals surface area (Å²) >= 11 is 0. The van der Waals surface area contributed by atoms with Gasteiger partial charge in [-0.1, -0.05) is 44.2 Å². The first-order valence-corrected chi connectivity index (χ1v) is 5.42. The van der Waals surface area contributed by atoms with Crippen LogP contribution in [0.4, 0.5) is 4.79 Å². The van der Waals surface area contributed by atoms with Gasteiger partial charge in [-0.15, -0.1) is 0 Å². The highest BCUT2D eigenvalue weighted by Gasteiger charge is 2.02. The molecule has 1 amide bonds. The molecule has 0 aliphatic heterocycles. The molecule has 1 rings (SSSR count). The summed E-state index contributed by atoms with van der Waals surface area (Å²) in [6, 6.07) is 9.37. The minimum Gasteiger partial charge on any atom is -0.444 e. The van der Waals surface area contributed by atoms with Gasteiger partial charge in [-0.25, -0.2) is 4.79 Å². The van der Waals surface area contributed by atoms with Gasteiger partial charge in [0.25, 0.3) is 0 Å². The smallest absolute Gasteiger partial charge is 0.414 e. The maximum Gasteiger partial charge on any atom is 0.414 e. The zero-order valence-corrected chi connectivity index (χ0v) is 10.4. The summed E-state index contributed by atoms with van der Waals surface area (Å²) in [6.45, 7) is 4.21. The third kappa shape index (κ3) is 6.94. The molecule has 1 aromatic rings. The van der Waals surface area contributed by atoms with Crippen LogP contribution in [0.3, 0.4) is 0 Å². The van der Waals surface area contributed by atoms with Crippen molar-refractivity contribution in [2.24, 2.45) is 10.7 Å². The number of nitrogens with one attached hydrogen (secondary N) is 1. The van der Waals surface area contributed by atoms with E-state index in [1.165, 1.54) is 7.05 Å². The zero-order valence-electron chi connectivity index (χ0n) is 10.4. The van der Waals surface area contributed by atoms with Gasteiger partial charge < -0.3 is 10.5 Å². The van der Waals surface area contributed by atoms with Crippen LogP contribution in [0.2, 0.25) is 0 Å². The number of benzene rings is 1. The number of nitrogens with zero attached hydrogens (tertiary/aromatic N) is 1. The van der Waals surface area contributed by atoms with Gasteiger partial charge in [0.1, 0.15) is 6.61 Å². The summed E-state index contributed by atoms with van der Waals surface area (Å²) < 4.78 is 4.89. The standard InChI is InChI=1S/C10H13N3O2.C2H6/c1-12-9(11)13-10(14)15-7-8-5-3-2-4-6-8;1-2/h2-6H,7H2,1H3,(H3,11,12,13,14);1-2H3. The highest BCUT2D eigenvalue weighted by molar-refractivity contribution is 5.92. The van der Waals surface area contributed by atoms with Crippen LogP contribution in [0.1, 0.15) is 19.4 Å². The molecule has 94 valence electrons. The van der Waals surface area contributed by atoms with E-state index in [1.54, 1.807) is 0 Å².